The van der Waals surface area contributed by atoms with Crippen molar-refractivity contribution in [3.8, 4) is 5.82 Å². The summed E-state index contributed by atoms with van der Waals surface area (Å²) in [6.45, 7) is 3.90. The van der Waals surface area contributed by atoms with Crippen molar-refractivity contribution in [2.75, 3.05) is 5.32 Å². The van der Waals surface area contributed by atoms with Gasteiger partial charge in [0, 0.05) is 5.69 Å². The van der Waals surface area contributed by atoms with Gasteiger partial charge in [-0.1, -0.05) is 30.3 Å². The molecule has 3 aromatic rings. The van der Waals surface area contributed by atoms with Crippen molar-refractivity contribution < 1.29 is 4.79 Å². The molecule has 6 heteroatoms. The molecule has 2 heterocycles. The fraction of sp³-hybridized carbons (Fsp3) is 0.167. The first-order valence-electron chi connectivity index (χ1n) is 7.65. The summed E-state index contributed by atoms with van der Waals surface area (Å²) >= 11 is 0. The van der Waals surface area contributed by atoms with Crippen LogP contribution < -0.4 is 11.1 Å². The number of nitrogens with zero attached hydrogens (tertiary/aromatic N) is 3. The summed E-state index contributed by atoms with van der Waals surface area (Å²) in [5.74, 6) is 0.424. The Bertz CT molecular complexity index is 840. The van der Waals surface area contributed by atoms with E-state index in [4.69, 9.17) is 5.73 Å². The molecule has 0 bridgehead atoms. The van der Waals surface area contributed by atoms with Crippen LogP contribution in [-0.4, -0.2) is 20.7 Å². The molecule has 0 unspecified atom stereocenters. The van der Waals surface area contributed by atoms with Crippen LogP contribution in [0, 0.1) is 13.8 Å². The van der Waals surface area contributed by atoms with E-state index >= 15 is 0 Å². The molecule has 1 atom stereocenters. The molecule has 0 fully saturated rings. The van der Waals surface area contributed by atoms with Crippen LogP contribution in [-0.2, 0) is 4.79 Å². The van der Waals surface area contributed by atoms with Crippen molar-refractivity contribution in [1.29, 1.82) is 0 Å². The highest BCUT2D eigenvalue weighted by Crippen LogP contribution is 2.15. The molecule has 122 valence electrons. The molecule has 2 aromatic heterocycles. The number of nitrogens with two attached hydrogens (primary N) is 1. The summed E-state index contributed by atoms with van der Waals surface area (Å²) in [7, 11) is 0. The Labute approximate surface area is 140 Å². The van der Waals surface area contributed by atoms with Crippen LogP contribution in [0.5, 0.6) is 0 Å². The van der Waals surface area contributed by atoms with E-state index < -0.39 is 6.04 Å². The zero-order valence-electron chi connectivity index (χ0n) is 13.6. The molecule has 3 N–H and O–H groups in total. The molecule has 0 saturated carbocycles. The monoisotopic (exact) mass is 321 g/mol. The Kier molecular flexibility index (Phi) is 4.39. The van der Waals surface area contributed by atoms with E-state index in [0.29, 0.717) is 11.5 Å². The molecule has 0 saturated heterocycles. The number of hydrogen-bond donors (Lipinski definition) is 2. The highest BCUT2D eigenvalue weighted by atomic mass is 16.2. The number of anilines is 1. The number of carbonyl (C=O) groups excluding carboxylic acids is 1. The number of nitrogens with one attached hydrogen (secondary N) is 1. The van der Waals surface area contributed by atoms with Gasteiger partial charge in [0.25, 0.3) is 0 Å². The summed E-state index contributed by atoms with van der Waals surface area (Å²) in [6, 6.07) is 14.1. The van der Waals surface area contributed by atoms with E-state index in [0.717, 1.165) is 17.0 Å². The van der Waals surface area contributed by atoms with Crippen LogP contribution >= 0.6 is 0 Å². The van der Waals surface area contributed by atoms with Crippen LogP contribution in [0.4, 0.5) is 5.69 Å². The molecule has 0 radical (unpaired) electrons. The number of pyridine rings is 1. The second-order valence-electron chi connectivity index (χ2n) is 5.62. The summed E-state index contributed by atoms with van der Waals surface area (Å²) in [5, 5.41) is 7.17. The van der Waals surface area contributed by atoms with Crippen LogP contribution in [0.1, 0.15) is 23.0 Å². The fourth-order valence-electron chi connectivity index (χ4n) is 2.48. The zero-order chi connectivity index (χ0) is 17.1. The lowest BCUT2D eigenvalue weighted by Gasteiger charge is -2.12. The van der Waals surface area contributed by atoms with Gasteiger partial charge in [-0.2, -0.15) is 5.10 Å². The van der Waals surface area contributed by atoms with Gasteiger partial charge < -0.3 is 11.1 Å². The average Bonchev–Trinajstić information content (AvgIpc) is 2.94. The van der Waals surface area contributed by atoms with Crippen molar-refractivity contribution in [2.24, 2.45) is 5.73 Å². The number of rotatable bonds is 4. The third kappa shape index (κ3) is 3.33. The van der Waals surface area contributed by atoms with Gasteiger partial charge in [-0.3, -0.25) is 4.79 Å². The fourth-order valence-corrected chi connectivity index (χ4v) is 2.48. The van der Waals surface area contributed by atoms with Crippen molar-refractivity contribution in [3.63, 3.8) is 0 Å². The third-order valence-electron chi connectivity index (χ3n) is 3.68. The van der Waals surface area contributed by atoms with E-state index in [-0.39, 0.29) is 5.91 Å². The molecule has 0 spiro atoms. The van der Waals surface area contributed by atoms with Crippen LogP contribution in [0.2, 0.25) is 0 Å². The molecular formula is C18H19N5O. The molecule has 0 aliphatic carbocycles. The van der Waals surface area contributed by atoms with E-state index in [1.807, 2.05) is 56.3 Å². The summed E-state index contributed by atoms with van der Waals surface area (Å²) in [4.78, 5) is 16.6. The van der Waals surface area contributed by atoms with E-state index in [2.05, 4.69) is 15.4 Å². The summed E-state index contributed by atoms with van der Waals surface area (Å²) in [6.07, 6.45) is 1.60. The normalized spacial score (nSPS) is 12.0. The molecule has 1 amide bonds. The molecule has 0 aliphatic rings. The van der Waals surface area contributed by atoms with Crippen molar-refractivity contribution in [2.45, 2.75) is 19.9 Å². The second-order valence-corrected chi connectivity index (χ2v) is 5.62. The van der Waals surface area contributed by atoms with Gasteiger partial charge in [0.05, 0.1) is 17.6 Å². The maximum atomic E-state index is 12.2. The average molecular weight is 321 g/mol. The molecule has 24 heavy (non-hydrogen) atoms. The Morgan fingerprint density at radius 2 is 1.92 bits per heavy atom. The minimum Gasteiger partial charge on any atom is -0.323 e. The molecule has 6 nitrogen and oxygen atoms in total. The standard InChI is InChI=1S/C18H19N5O/c1-12-10-13(2)23(22-12)16-9-8-15(11-20-16)21-18(24)17(19)14-6-4-3-5-7-14/h3-11,17H,19H2,1-2H3,(H,21,24)/t17-/m0/s1. The maximum absolute atomic E-state index is 12.2. The summed E-state index contributed by atoms with van der Waals surface area (Å²) < 4.78 is 1.76. The van der Waals surface area contributed by atoms with Gasteiger partial charge >= 0.3 is 0 Å². The predicted molar refractivity (Wildman–Crippen MR) is 92.8 cm³/mol. The lowest BCUT2D eigenvalue weighted by atomic mass is 10.1. The van der Waals surface area contributed by atoms with Crippen LogP contribution in [0.3, 0.4) is 0 Å². The molecule has 3 rings (SSSR count). The quantitative estimate of drug-likeness (QED) is 0.773. The van der Waals surface area contributed by atoms with Crippen LogP contribution in [0.25, 0.3) is 5.82 Å². The van der Waals surface area contributed by atoms with E-state index in [1.54, 1.807) is 16.9 Å². The predicted octanol–water partition coefficient (Wildman–Crippen LogP) is 2.52. The van der Waals surface area contributed by atoms with Gasteiger partial charge in [0.15, 0.2) is 5.82 Å². The largest absolute Gasteiger partial charge is 0.323 e. The topological polar surface area (TPSA) is 85.8 Å². The number of carbonyl (C=O) groups is 1. The highest BCUT2D eigenvalue weighted by molar-refractivity contribution is 5.95. The van der Waals surface area contributed by atoms with Gasteiger partial charge in [-0.05, 0) is 37.6 Å². The lowest BCUT2D eigenvalue weighted by molar-refractivity contribution is -0.117. The second kappa shape index (κ2) is 6.64. The number of hydrogen-bond acceptors (Lipinski definition) is 4. The van der Waals surface area contributed by atoms with Crippen molar-refractivity contribution in [3.05, 3.63) is 71.7 Å². The maximum Gasteiger partial charge on any atom is 0.245 e. The first-order chi connectivity index (χ1) is 11.5. The number of aryl methyl sites for hydroxylation is 2. The molecule has 1 aromatic carbocycles. The first-order valence-corrected chi connectivity index (χ1v) is 7.65. The zero-order valence-corrected chi connectivity index (χ0v) is 13.6. The van der Waals surface area contributed by atoms with Crippen LogP contribution in [0.15, 0.2) is 54.7 Å². The summed E-state index contributed by atoms with van der Waals surface area (Å²) in [5.41, 5.74) is 9.28. The van der Waals surface area contributed by atoms with Gasteiger partial charge in [0.2, 0.25) is 5.91 Å². The molecular weight excluding hydrogens is 302 g/mol. The lowest BCUT2D eigenvalue weighted by Crippen LogP contribution is -2.27. The number of amides is 1. The van der Waals surface area contributed by atoms with Crippen molar-refractivity contribution >= 4 is 11.6 Å². The third-order valence-corrected chi connectivity index (χ3v) is 3.68. The van der Waals surface area contributed by atoms with Gasteiger partial charge in [-0.25, -0.2) is 9.67 Å². The highest BCUT2D eigenvalue weighted by Gasteiger charge is 2.15. The smallest absolute Gasteiger partial charge is 0.245 e. The van der Waals surface area contributed by atoms with Crippen molar-refractivity contribution in [1.82, 2.24) is 14.8 Å². The minimum absolute atomic E-state index is 0.276. The SMILES string of the molecule is Cc1cc(C)n(-c2ccc(NC(=O)[C@@H](N)c3ccccc3)cn2)n1. The first kappa shape index (κ1) is 15.9. The number of benzene rings is 1. The van der Waals surface area contributed by atoms with Gasteiger partial charge in [-0.15, -0.1) is 0 Å². The Morgan fingerprint density at radius 1 is 1.17 bits per heavy atom. The van der Waals surface area contributed by atoms with Gasteiger partial charge in [0.1, 0.15) is 6.04 Å². The molecule has 0 aliphatic heterocycles. The number of aromatic nitrogens is 3. The minimum atomic E-state index is -0.720. The Morgan fingerprint density at radius 3 is 2.50 bits per heavy atom. The Balaban J connectivity index is 1.72. The van der Waals surface area contributed by atoms with E-state index in [1.165, 1.54) is 0 Å². The van der Waals surface area contributed by atoms with E-state index in [9.17, 15) is 4.79 Å². The Hall–Kier alpha value is -2.99.